The van der Waals surface area contributed by atoms with Crippen molar-refractivity contribution in [1.29, 1.82) is 0 Å². The first-order valence-corrected chi connectivity index (χ1v) is 7.84. The first-order chi connectivity index (χ1) is 9.43. The number of hydrogen-bond acceptors (Lipinski definition) is 3. The van der Waals surface area contributed by atoms with Crippen LogP contribution < -0.4 is 4.74 Å². The molecule has 1 saturated heterocycles. The molecule has 20 heavy (non-hydrogen) atoms. The van der Waals surface area contributed by atoms with E-state index in [-0.39, 0.29) is 17.5 Å². The van der Waals surface area contributed by atoms with E-state index in [2.05, 4.69) is 34.7 Å². The molecule has 0 aromatic heterocycles. The smallest absolute Gasteiger partial charge is 0.131 e. The van der Waals surface area contributed by atoms with Gasteiger partial charge in [-0.1, -0.05) is 22.0 Å². The molecule has 0 radical (unpaired) electrons. The van der Waals surface area contributed by atoms with E-state index in [1.165, 1.54) is 6.07 Å². The lowest BCUT2D eigenvalue weighted by atomic mass is 10.0. The molecular formula is C15H21BrFNO2. The summed E-state index contributed by atoms with van der Waals surface area (Å²) in [4.78, 5) is 2.24. The Morgan fingerprint density at radius 1 is 1.50 bits per heavy atom. The van der Waals surface area contributed by atoms with Crippen molar-refractivity contribution in [3.8, 4) is 5.75 Å². The third kappa shape index (κ3) is 3.93. The first-order valence-electron chi connectivity index (χ1n) is 6.72. The fourth-order valence-electron chi connectivity index (χ4n) is 2.64. The lowest BCUT2D eigenvalue weighted by molar-refractivity contribution is -0.128. The fraction of sp³-hybridized carbons (Fsp3) is 0.600. The van der Waals surface area contributed by atoms with Gasteiger partial charge in [-0.15, -0.1) is 0 Å². The summed E-state index contributed by atoms with van der Waals surface area (Å²) in [6.45, 7) is 6.33. The molecule has 1 aromatic carbocycles. The molecule has 2 rings (SSSR count). The van der Waals surface area contributed by atoms with Gasteiger partial charge in [0.05, 0.1) is 18.8 Å². The van der Waals surface area contributed by atoms with E-state index in [1.807, 2.05) is 0 Å². The van der Waals surface area contributed by atoms with Crippen LogP contribution in [0.5, 0.6) is 5.75 Å². The molecule has 1 aliphatic heterocycles. The van der Waals surface area contributed by atoms with Gasteiger partial charge < -0.3 is 9.47 Å². The number of rotatable bonds is 4. The molecule has 0 aliphatic carbocycles. The van der Waals surface area contributed by atoms with Crippen molar-refractivity contribution in [2.75, 3.05) is 25.5 Å². The molecule has 5 heteroatoms. The molecule has 0 bridgehead atoms. The van der Waals surface area contributed by atoms with Crippen LogP contribution in [-0.4, -0.2) is 42.1 Å². The summed E-state index contributed by atoms with van der Waals surface area (Å²) >= 11 is 3.47. The van der Waals surface area contributed by atoms with Gasteiger partial charge in [0.25, 0.3) is 0 Å². The number of morpholine rings is 1. The average molecular weight is 346 g/mol. The lowest BCUT2D eigenvalue weighted by Crippen LogP contribution is -2.52. The number of hydrogen-bond donors (Lipinski definition) is 0. The Morgan fingerprint density at radius 2 is 2.25 bits per heavy atom. The highest BCUT2D eigenvalue weighted by molar-refractivity contribution is 9.09. The van der Waals surface area contributed by atoms with Gasteiger partial charge in [0, 0.05) is 36.6 Å². The van der Waals surface area contributed by atoms with Crippen molar-refractivity contribution >= 4 is 15.9 Å². The van der Waals surface area contributed by atoms with E-state index in [0.29, 0.717) is 17.9 Å². The van der Waals surface area contributed by atoms with Gasteiger partial charge in [0.1, 0.15) is 11.6 Å². The Hall–Kier alpha value is -0.650. The van der Waals surface area contributed by atoms with E-state index in [9.17, 15) is 4.39 Å². The normalized spacial score (nSPS) is 22.8. The van der Waals surface area contributed by atoms with Gasteiger partial charge in [0.15, 0.2) is 0 Å². The standard InChI is InChI=1S/C15H21BrFNO2/c1-15(2)10-18(9-13(7-16)20-15)8-11-4-5-12(19-3)6-14(11)17/h4-6,13H,7-10H2,1-3H3. The Kier molecular flexibility index (Phi) is 5.04. The van der Waals surface area contributed by atoms with Gasteiger partial charge in [-0.25, -0.2) is 4.39 Å². The Morgan fingerprint density at radius 3 is 2.85 bits per heavy atom. The van der Waals surface area contributed by atoms with Crippen molar-refractivity contribution < 1.29 is 13.9 Å². The lowest BCUT2D eigenvalue weighted by Gasteiger charge is -2.42. The van der Waals surface area contributed by atoms with Gasteiger partial charge in [-0.3, -0.25) is 4.90 Å². The molecule has 1 atom stereocenters. The monoisotopic (exact) mass is 345 g/mol. The van der Waals surface area contributed by atoms with E-state index in [1.54, 1.807) is 19.2 Å². The maximum atomic E-state index is 14.0. The minimum absolute atomic E-state index is 0.139. The number of methoxy groups -OCH3 is 1. The largest absolute Gasteiger partial charge is 0.497 e. The fourth-order valence-corrected chi connectivity index (χ4v) is 2.98. The van der Waals surface area contributed by atoms with Crippen molar-refractivity contribution in [3.05, 3.63) is 29.6 Å². The molecule has 112 valence electrons. The van der Waals surface area contributed by atoms with Crippen LogP contribution in [0.4, 0.5) is 4.39 Å². The maximum absolute atomic E-state index is 14.0. The summed E-state index contributed by atoms with van der Waals surface area (Å²) in [6, 6.07) is 5.02. The van der Waals surface area contributed by atoms with Crippen LogP contribution in [0.25, 0.3) is 0 Å². The summed E-state index contributed by atoms with van der Waals surface area (Å²) in [5.74, 6) is 0.330. The molecule has 1 unspecified atom stereocenters. The summed E-state index contributed by atoms with van der Waals surface area (Å²) in [6.07, 6.45) is 0.139. The predicted molar refractivity (Wildman–Crippen MR) is 81.0 cm³/mol. The Balaban J connectivity index is 2.09. The third-order valence-corrected chi connectivity index (χ3v) is 4.10. The molecule has 1 fully saturated rings. The van der Waals surface area contributed by atoms with Crippen LogP contribution in [0, 0.1) is 5.82 Å². The summed E-state index contributed by atoms with van der Waals surface area (Å²) in [5.41, 5.74) is 0.483. The average Bonchev–Trinajstić information content (AvgIpc) is 2.39. The summed E-state index contributed by atoms with van der Waals surface area (Å²) < 4.78 is 25.0. The van der Waals surface area contributed by atoms with Crippen LogP contribution in [-0.2, 0) is 11.3 Å². The zero-order valence-corrected chi connectivity index (χ0v) is 13.7. The molecule has 3 nitrogen and oxygen atoms in total. The van der Waals surface area contributed by atoms with Crippen LogP contribution >= 0.6 is 15.9 Å². The Bertz CT molecular complexity index is 467. The molecule has 0 spiro atoms. The quantitative estimate of drug-likeness (QED) is 0.782. The first kappa shape index (κ1) is 15.7. The van der Waals surface area contributed by atoms with Crippen molar-refractivity contribution in [2.45, 2.75) is 32.1 Å². The maximum Gasteiger partial charge on any atom is 0.131 e. The highest BCUT2D eigenvalue weighted by Crippen LogP contribution is 2.25. The highest BCUT2D eigenvalue weighted by Gasteiger charge is 2.33. The topological polar surface area (TPSA) is 21.7 Å². The van der Waals surface area contributed by atoms with Gasteiger partial charge in [-0.05, 0) is 19.9 Å². The number of nitrogens with zero attached hydrogens (tertiary/aromatic N) is 1. The van der Waals surface area contributed by atoms with Crippen molar-refractivity contribution in [1.82, 2.24) is 4.90 Å². The second kappa shape index (κ2) is 6.41. The van der Waals surface area contributed by atoms with Gasteiger partial charge in [-0.2, -0.15) is 0 Å². The number of halogens is 2. The van der Waals surface area contributed by atoms with Crippen LogP contribution in [0.15, 0.2) is 18.2 Å². The molecule has 0 N–H and O–H groups in total. The zero-order valence-electron chi connectivity index (χ0n) is 12.2. The number of benzene rings is 1. The summed E-state index contributed by atoms with van der Waals surface area (Å²) in [5, 5.41) is 0.790. The molecule has 1 aliphatic rings. The van der Waals surface area contributed by atoms with E-state index < -0.39 is 0 Å². The number of alkyl halides is 1. The van der Waals surface area contributed by atoms with Crippen LogP contribution in [0.2, 0.25) is 0 Å². The van der Waals surface area contributed by atoms with Gasteiger partial charge >= 0.3 is 0 Å². The number of ether oxygens (including phenoxy) is 2. The van der Waals surface area contributed by atoms with E-state index in [4.69, 9.17) is 9.47 Å². The van der Waals surface area contributed by atoms with Crippen molar-refractivity contribution in [2.24, 2.45) is 0 Å². The second-order valence-electron chi connectivity index (χ2n) is 5.78. The summed E-state index contributed by atoms with van der Waals surface area (Å²) in [7, 11) is 1.54. The molecule has 1 aromatic rings. The molecule has 0 amide bonds. The minimum atomic E-state index is -0.218. The minimum Gasteiger partial charge on any atom is -0.497 e. The third-order valence-electron chi connectivity index (χ3n) is 3.38. The molecule has 1 heterocycles. The predicted octanol–water partition coefficient (Wildman–Crippen LogP) is 3.21. The Labute approximate surface area is 128 Å². The van der Waals surface area contributed by atoms with E-state index in [0.717, 1.165) is 18.4 Å². The molecular weight excluding hydrogens is 325 g/mol. The molecule has 0 saturated carbocycles. The second-order valence-corrected chi connectivity index (χ2v) is 6.43. The zero-order chi connectivity index (χ0) is 14.8. The van der Waals surface area contributed by atoms with Crippen LogP contribution in [0.3, 0.4) is 0 Å². The van der Waals surface area contributed by atoms with Crippen LogP contribution in [0.1, 0.15) is 19.4 Å². The van der Waals surface area contributed by atoms with Gasteiger partial charge in [0.2, 0.25) is 0 Å². The van der Waals surface area contributed by atoms with Crippen molar-refractivity contribution in [3.63, 3.8) is 0 Å². The highest BCUT2D eigenvalue weighted by atomic mass is 79.9. The SMILES string of the molecule is COc1ccc(CN2CC(CBr)OC(C)(C)C2)c(F)c1. The van der Waals surface area contributed by atoms with E-state index >= 15 is 0 Å².